The number of aliphatic carboxylic acids is 1. The van der Waals surface area contributed by atoms with E-state index in [-0.39, 0.29) is 59.1 Å². The number of alkyl halides is 6. The number of amides is 4. The molecule has 1 atom stereocenters. The fourth-order valence-corrected chi connectivity index (χ4v) is 12.0. The van der Waals surface area contributed by atoms with Crippen LogP contribution in [0.25, 0.3) is 5.69 Å². The van der Waals surface area contributed by atoms with Crippen molar-refractivity contribution >= 4 is 73.4 Å². The van der Waals surface area contributed by atoms with Crippen LogP contribution in [0.3, 0.4) is 0 Å². The number of anilines is 2. The number of hydrogen-bond donors (Lipinski definition) is 8. The zero-order valence-corrected chi connectivity index (χ0v) is 58.2. The minimum atomic E-state index is -4.84. The maximum atomic E-state index is 13.1. The largest absolute Gasteiger partial charge is 0.489 e. The number of carboxylic acid groups (broad SMARTS) is 1. The lowest BCUT2D eigenvalue weighted by molar-refractivity contribution is -0.148. The zero-order valence-electron chi connectivity index (χ0n) is 54.9. The fourth-order valence-electron chi connectivity index (χ4n) is 7.84. The lowest BCUT2D eigenvalue weighted by Crippen LogP contribution is -2.40. The number of pyridine rings is 1. The van der Waals surface area contributed by atoms with E-state index >= 15 is 0 Å². The molecule has 0 spiro atoms. The summed E-state index contributed by atoms with van der Waals surface area (Å²) in [7, 11) is -10.9. The van der Waals surface area contributed by atoms with Gasteiger partial charge in [-0.05, 0) is 86.3 Å². The Morgan fingerprint density at radius 3 is 1.84 bits per heavy atom. The summed E-state index contributed by atoms with van der Waals surface area (Å²) < 4.78 is 196. The van der Waals surface area contributed by atoms with E-state index in [2.05, 4.69) is 45.9 Å². The lowest BCUT2D eigenvalue weighted by Gasteiger charge is -2.17. The number of carbonyl (C=O) groups excluding carboxylic acids is 3. The van der Waals surface area contributed by atoms with E-state index in [0.717, 1.165) is 37.4 Å². The Morgan fingerprint density at radius 2 is 1.30 bits per heavy atom. The molecule has 0 aliphatic carbocycles. The minimum Gasteiger partial charge on any atom is -0.489 e. The third-order valence-electron chi connectivity index (χ3n) is 12.6. The van der Waals surface area contributed by atoms with Crippen molar-refractivity contribution in [2.24, 2.45) is 7.05 Å². The van der Waals surface area contributed by atoms with Crippen LogP contribution in [0.15, 0.2) is 122 Å². The van der Waals surface area contributed by atoms with Crippen molar-refractivity contribution in [1.29, 1.82) is 0 Å². The van der Waals surface area contributed by atoms with Gasteiger partial charge in [0, 0.05) is 31.3 Å². The minimum absolute atomic E-state index is 0.0612. The number of urea groups is 2. The second kappa shape index (κ2) is 36.8. The molecule has 45 heteroatoms. The molecule has 3 aromatic carbocycles. The summed E-state index contributed by atoms with van der Waals surface area (Å²) in [5.74, 6) is -1.40. The maximum absolute atomic E-state index is 13.1. The lowest BCUT2D eigenvalue weighted by atomic mass is 10.1. The van der Waals surface area contributed by atoms with Gasteiger partial charge < -0.3 is 43.3 Å². The molecule has 7 aromatic rings. The van der Waals surface area contributed by atoms with Gasteiger partial charge in [0.1, 0.15) is 34.5 Å². The third kappa shape index (κ3) is 26.3. The number of esters is 1. The molecule has 1 unspecified atom stereocenters. The van der Waals surface area contributed by atoms with Crippen LogP contribution in [-0.4, -0.2) is 162 Å². The van der Waals surface area contributed by atoms with Crippen molar-refractivity contribution in [3.8, 4) is 35.0 Å². The molecule has 4 aromatic heterocycles. The topological polar surface area (TPSA) is 485 Å². The summed E-state index contributed by atoms with van der Waals surface area (Å²) in [5, 5.41) is 13.5. The summed E-state index contributed by atoms with van der Waals surface area (Å²) in [4.78, 5) is 108. The summed E-state index contributed by atoms with van der Waals surface area (Å²) >= 11 is 0. The van der Waals surface area contributed by atoms with Crippen molar-refractivity contribution in [1.82, 2.24) is 53.8 Å². The first-order chi connectivity index (χ1) is 47.5. The number of carbonyl (C=O) groups is 4. The van der Waals surface area contributed by atoms with Gasteiger partial charge in [-0.15, -0.1) is 0 Å². The molecule has 556 valence electrons. The molecule has 35 nitrogen and oxygen atoms in total. The van der Waals surface area contributed by atoms with Crippen LogP contribution in [0.4, 0.5) is 47.8 Å². The molecule has 0 radical (unpaired) electrons. The average molecular weight is 1530 g/mol. The standard InChI is InChI=1S/C25H25F3N2O6.C15H16F3N5O4S.C14H17N5O7S2.C3H8NO5P/c1-5-16-6-7-17(20(12-16)36-15(2)23(32)34-4)14-35-19-10-8-18(9-11-19)30-22(31)13-21(25(26,27)28)29(3)24(30)33;1-9-19-12(22-14(20-9)27-2)21-13(24)23-28(25,26)11-6-4-3-5-10(11)7-8-15(16,17)18;1-4-27(21,22)9-6-5-7-15-12(9)28(23,24)19-14(20)18-13-16-10(25-2)8-11(17-13)26-3;5-3(6)1-4-2-10(7,8)9/h6-13,15H,5,14H2,1-4H3;3-6H,7-8H2,1-2H3,(H2,19,20,21,22,23,24);5-8H,4H2,1-3H3,(H2,16,17,18,19,20);4H,1-2H2,(H,5,6)(H2,7,8,9). The fraction of sp³-hybridized carbons (Fsp3) is 0.333. The van der Waals surface area contributed by atoms with E-state index in [1.54, 1.807) is 16.4 Å². The second-order valence-corrected chi connectivity index (χ2v) is 27.2. The number of methoxy groups -OCH3 is 4. The Balaban J connectivity index is 0.000000306. The predicted octanol–water partition coefficient (Wildman–Crippen LogP) is 4.82. The second-order valence-electron chi connectivity index (χ2n) is 20.1. The Kier molecular flexibility index (Phi) is 30.3. The zero-order chi connectivity index (χ0) is 76.7. The van der Waals surface area contributed by atoms with Crippen LogP contribution < -0.4 is 60.3 Å². The van der Waals surface area contributed by atoms with Gasteiger partial charge in [-0.3, -0.25) is 34.7 Å². The van der Waals surface area contributed by atoms with E-state index in [4.69, 9.17) is 43.3 Å². The molecule has 0 saturated carbocycles. The monoisotopic (exact) mass is 1530 g/mol. The van der Waals surface area contributed by atoms with Crippen LogP contribution in [0.1, 0.15) is 55.4 Å². The highest BCUT2D eigenvalue weighted by Gasteiger charge is 2.36. The number of carboxylic acids is 1. The third-order valence-corrected chi connectivity index (χ3v) is 17.9. The van der Waals surface area contributed by atoms with Gasteiger partial charge in [0.25, 0.3) is 25.6 Å². The molecular weight excluding hydrogens is 1460 g/mol. The molecule has 4 amide bonds. The molecule has 8 N–H and O–H groups in total. The van der Waals surface area contributed by atoms with Crippen molar-refractivity contribution in [2.45, 2.75) is 86.8 Å². The van der Waals surface area contributed by atoms with Crippen molar-refractivity contribution < 1.29 is 119 Å². The van der Waals surface area contributed by atoms with Gasteiger partial charge in [0.2, 0.25) is 23.7 Å². The van der Waals surface area contributed by atoms with Crippen LogP contribution in [-0.2, 0) is 81.4 Å². The number of halogens is 6. The highest BCUT2D eigenvalue weighted by Crippen LogP contribution is 2.32. The van der Waals surface area contributed by atoms with Gasteiger partial charge in [0.15, 0.2) is 21.0 Å². The van der Waals surface area contributed by atoms with E-state index < -0.39 is 137 Å². The number of rotatable bonds is 25. The Labute approximate surface area is 576 Å². The summed E-state index contributed by atoms with van der Waals surface area (Å²) in [6.45, 7) is 6.05. The van der Waals surface area contributed by atoms with Gasteiger partial charge in [-0.2, -0.15) is 59.7 Å². The molecular formula is C57H66F6N13O22PS3. The van der Waals surface area contributed by atoms with Crippen LogP contribution in [0.5, 0.6) is 29.3 Å². The van der Waals surface area contributed by atoms with Crippen LogP contribution >= 0.6 is 7.60 Å². The number of ether oxygens (including phenoxy) is 6. The van der Waals surface area contributed by atoms with E-state index in [1.165, 1.54) is 96.9 Å². The van der Waals surface area contributed by atoms with E-state index in [1.807, 2.05) is 25.1 Å². The van der Waals surface area contributed by atoms with Crippen LogP contribution in [0, 0.1) is 6.92 Å². The van der Waals surface area contributed by atoms with Gasteiger partial charge in [-0.1, -0.05) is 44.2 Å². The number of hydrogen-bond acceptors (Lipinski definition) is 26. The molecule has 0 saturated heterocycles. The number of sulfonamides is 2. The first kappa shape index (κ1) is 84.0. The molecule has 0 aliphatic rings. The van der Waals surface area contributed by atoms with Gasteiger partial charge in [0.05, 0.1) is 63.7 Å². The molecule has 4 heterocycles. The van der Waals surface area contributed by atoms with Crippen LogP contribution in [0.2, 0.25) is 0 Å². The number of benzene rings is 3. The molecule has 0 aliphatic heterocycles. The SMILES string of the molecule is CCS(=O)(=O)c1cccnc1S(=O)(=O)NC(=O)Nc1nc(OC)cc(OC)n1.CCc1ccc(COc2ccc(-n3c(=O)cc(C(F)(F)F)n(C)c3=O)cc2)c(OC(C)C(=O)OC)c1.COc1nc(C)nc(NC(=O)NS(=O)(=O)c2ccccc2CCC(F)(F)F)n1.O=C(O)CNCP(=O)(O)O. The number of aryl methyl sites for hydroxylation is 3. The first-order valence-electron chi connectivity index (χ1n) is 28.7. The first-order valence-corrected chi connectivity index (χ1v) is 35.1. The number of nitrogens with one attached hydrogen (secondary N) is 5. The van der Waals surface area contributed by atoms with Crippen molar-refractivity contribution in [3.05, 3.63) is 146 Å². The molecule has 0 fully saturated rings. The van der Waals surface area contributed by atoms with Crippen molar-refractivity contribution in [2.75, 3.05) is 57.7 Å². The van der Waals surface area contributed by atoms with Crippen molar-refractivity contribution in [3.63, 3.8) is 0 Å². The Hall–Kier alpha value is -10.4. The number of sulfone groups is 1. The normalized spacial score (nSPS) is 11.8. The van der Waals surface area contributed by atoms with E-state index in [9.17, 15) is 84.9 Å². The molecule has 0 bridgehead atoms. The number of aromatic nitrogens is 8. The average Bonchev–Trinajstić information content (AvgIpc) is 0.786. The quantitative estimate of drug-likeness (QED) is 0.0216. The summed E-state index contributed by atoms with van der Waals surface area (Å²) in [5.41, 5.74) is -1.87. The smallest absolute Gasteiger partial charge is 0.431 e. The molecule has 102 heavy (non-hydrogen) atoms. The predicted molar refractivity (Wildman–Crippen MR) is 345 cm³/mol. The summed E-state index contributed by atoms with van der Waals surface area (Å²) in [6, 6.07) is 18.0. The Morgan fingerprint density at radius 1 is 0.716 bits per heavy atom. The number of nitrogens with zero attached hydrogens (tertiary/aromatic N) is 8. The highest BCUT2D eigenvalue weighted by atomic mass is 32.2. The Bertz CT molecular complexity index is 4630. The van der Waals surface area contributed by atoms with Gasteiger partial charge >= 0.3 is 55.6 Å². The summed E-state index contributed by atoms with van der Waals surface area (Å²) in [6.07, 6.45) is -10.6. The maximum Gasteiger partial charge on any atom is 0.431 e. The van der Waals surface area contributed by atoms with E-state index in [0.29, 0.717) is 32.3 Å². The van der Waals surface area contributed by atoms with Gasteiger partial charge in [-0.25, -0.2) is 55.0 Å². The molecule has 7 rings (SSSR count). The highest BCUT2D eigenvalue weighted by molar-refractivity contribution is 7.93.